The van der Waals surface area contributed by atoms with Gasteiger partial charge < -0.3 is 14.2 Å². The van der Waals surface area contributed by atoms with Gasteiger partial charge in [-0.15, -0.1) is 0 Å². The van der Waals surface area contributed by atoms with Crippen LogP contribution in [0.5, 0.6) is 5.75 Å². The summed E-state index contributed by atoms with van der Waals surface area (Å²) in [5.74, 6) is 1.06. The topological polar surface area (TPSA) is 44.8 Å². The molecule has 1 aliphatic rings. The van der Waals surface area contributed by atoms with E-state index in [9.17, 15) is 4.79 Å². The lowest BCUT2D eigenvalue weighted by Crippen LogP contribution is -2.30. The van der Waals surface area contributed by atoms with Crippen molar-refractivity contribution in [3.8, 4) is 5.75 Å². The van der Waals surface area contributed by atoms with Gasteiger partial charge in [-0.05, 0) is 49.3 Å². The molecule has 2 unspecified atom stereocenters. The van der Waals surface area contributed by atoms with Crippen molar-refractivity contribution in [1.29, 1.82) is 0 Å². The minimum absolute atomic E-state index is 0.0701. The molecule has 0 N–H and O–H groups in total. The molecule has 1 aromatic carbocycles. The summed E-state index contributed by atoms with van der Waals surface area (Å²) < 4.78 is 15.7. The highest BCUT2D eigenvalue weighted by atomic mass is 16.7. The van der Waals surface area contributed by atoms with Crippen molar-refractivity contribution in [2.24, 2.45) is 5.92 Å². The van der Waals surface area contributed by atoms with Crippen molar-refractivity contribution in [2.75, 3.05) is 13.9 Å². The van der Waals surface area contributed by atoms with Crippen LogP contribution in [0, 0.1) is 5.92 Å². The SMILES string of the molecule is COCOc1ccc(CC2CCCCC2OC(C)=O)cc1. The number of esters is 1. The molecule has 0 aromatic heterocycles. The fourth-order valence-electron chi connectivity index (χ4n) is 2.93. The Labute approximate surface area is 126 Å². The van der Waals surface area contributed by atoms with Crippen LogP contribution in [0.1, 0.15) is 38.2 Å². The maximum Gasteiger partial charge on any atom is 0.302 e. The summed E-state index contributed by atoms with van der Waals surface area (Å²) in [6, 6.07) is 8.06. The molecule has 1 aromatic rings. The average molecular weight is 292 g/mol. The molecular weight excluding hydrogens is 268 g/mol. The van der Waals surface area contributed by atoms with Crippen LogP contribution in [0.25, 0.3) is 0 Å². The summed E-state index contributed by atoms with van der Waals surface area (Å²) in [5.41, 5.74) is 1.25. The Morgan fingerprint density at radius 2 is 1.90 bits per heavy atom. The van der Waals surface area contributed by atoms with Crippen LogP contribution in [0.15, 0.2) is 24.3 Å². The minimum atomic E-state index is -0.171. The Morgan fingerprint density at radius 1 is 1.19 bits per heavy atom. The number of rotatable bonds is 6. The number of hydrogen-bond acceptors (Lipinski definition) is 4. The Hall–Kier alpha value is -1.55. The van der Waals surface area contributed by atoms with Crippen molar-refractivity contribution >= 4 is 5.97 Å². The van der Waals surface area contributed by atoms with E-state index in [1.165, 1.54) is 18.9 Å². The number of benzene rings is 1. The van der Waals surface area contributed by atoms with Gasteiger partial charge in [0, 0.05) is 14.0 Å². The van der Waals surface area contributed by atoms with E-state index in [0.29, 0.717) is 5.92 Å². The molecule has 0 heterocycles. The van der Waals surface area contributed by atoms with Gasteiger partial charge in [0.25, 0.3) is 0 Å². The first-order chi connectivity index (χ1) is 10.2. The molecule has 0 spiro atoms. The first kappa shape index (κ1) is 15.8. The standard InChI is InChI=1S/C17H24O4/c1-13(18)21-17-6-4-3-5-15(17)11-14-7-9-16(10-8-14)20-12-19-2/h7-10,15,17H,3-6,11-12H2,1-2H3. The predicted octanol–water partition coefficient (Wildman–Crippen LogP) is 3.33. The van der Waals surface area contributed by atoms with E-state index in [0.717, 1.165) is 31.4 Å². The Bertz CT molecular complexity index is 441. The van der Waals surface area contributed by atoms with Gasteiger partial charge >= 0.3 is 5.97 Å². The molecule has 0 radical (unpaired) electrons. The van der Waals surface area contributed by atoms with E-state index in [4.69, 9.17) is 14.2 Å². The van der Waals surface area contributed by atoms with E-state index < -0.39 is 0 Å². The lowest BCUT2D eigenvalue weighted by Gasteiger charge is -2.31. The first-order valence-corrected chi connectivity index (χ1v) is 7.57. The summed E-state index contributed by atoms with van der Waals surface area (Å²) in [6.45, 7) is 1.75. The van der Waals surface area contributed by atoms with Crippen LogP contribution >= 0.6 is 0 Å². The van der Waals surface area contributed by atoms with Gasteiger partial charge in [0.2, 0.25) is 0 Å². The van der Waals surface area contributed by atoms with Gasteiger partial charge in [-0.25, -0.2) is 0 Å². The number of hydrogen-bond donors (Lipinski definition) is 0. The smallest absolute Gasteiger partial charge is 0.302 e. The van der Waals surface area contributed by atoms with E-state index >= 15 is 0 Å². The summed E-state index contributed by atoms with van der Waals surface area (Å²) in [6.07, 6.45) is 5.50. The van der Waals surface area contributed by atoms with Gasteiger partial charge in [-0.1, -0.05) is 18.6 Å². The maximum absolute atomic E-state index is 11.2. The molecular formula is C17H24O4. The van der Waals surface area contributed by atoms with E-state index in [1.54, 1.807) is 7.11 Å². The fourth-order valence-corrected chi connectivity index (χ4v) is 2.93. The van der Waals surface area contributed by atoms with E-state index in [2.05, 4.69) is 12.1 Å². The zero-order chi connectivity index (χ0) is 15.1. The van der Waals surface area contributed by atoms with Crippen LogP contribution in [0.3, 0.4) is 0 Å². The molecule has 0 saturated heterocycles. The summed E-state index contributed by atoms with van der Waals surface area (Å²) in [4.78, 5) is 11.2. The lowest BCUT2D eigenvalue weighted by atomic mass is 9.82. The number of methoxy groups -OCH3 is 1. The van der Waals surface area contributed by atoms with Crippen LogP contribution in [-0.2, 0) is 20.7 Å². The Kier molecular flexibility index (Phi) is 6.05. The zero-order valence-electron chi connectivity index (χ0n) is 12.8. The third-order valence-electron chi connectivity index (χ3n) is 3.92. The van der Waals surface area contributed by atoms with Gasteiger partial charge in [-0.2, -0.15) is 0 Å². The minimum Gasteiger partial charge on any atom is -0.468 e. The summed E-state index contributed by atoms with van der Waals surface area (Å²) >= 11 is 0. The monoisotopic (exact) mass is 292 g/mol. The molecule has 21 heavy (non-hydrogen) atoms. The molecule has 0 amide bonds. The average Bonchev–Trinajstić information content (AvgIpc) is 2.48. The zero-order valence-corrected chi connectivity index (χ0v) is 12.8. The number of carbonyl (C=O) groups excluding carboxylic acids is 1. The predicted molar refractivity (Wildman–Crippen MR) is 80.2 cm³/mol. The highest BCUT2D eigenvalue weighted by molar-refractivity contribution is 5.66. The number of ether oxygens (including phenoxy) is 3. The maximum atomic E-state index is 11.2. The molecule has 116 valence electrons. The lowest BCUT2D eigenvalue weighted by molar-refractivity contribution is -0.150. The molecule has 4 nitrogen and oxygen atoms in total. The fraction of sp³-hybridized carbons (Fsp3) is 0.588. The van der Waals surface area contributed by atoms with Gasteiger partial charge in [-0.3, -0.25) is 4.79 Å². The van der Waals surface area contributed by atoms with Crippen LogP contribution < -0.4 is 4.74 Å². The van der Waals surface area contributed by atoms with E-state index in [-0.39, 0.29) is 18.9 Å². The first-order valence-electron chi connectivity index (χ1n) is 7.57. The normalized spacial score (nSPS) is 21.8. The van der Waals surface area contributed by atoms with Crippen LogP contribution in [0.4, 0.5) is 0 Å². The Balaban J connectivity index is 1.93. The molecule has 1 aliphatic carbocycles. The van der Waals surface area contributed by atoms with Crippen LogP contribution in [-0.4, -0.2) is 26.0 Å². The van der Waals surface area contributed by atoms with E-state index in [1.807, 2.05) is 12.1 Å². The second kappa shape index (κ2) is 8.03. The summed E-state index contributed by atoms with van der Waals surface area (Å²) in [7, 11) is 1.60. The molecule has 2 rings (SSSR count). The quantitative estimate of drug-likeness (QED) is 0.596. The van der Waals surface area contributed by atoms with Crippen molar-refractivity contribution in [2.45, 2.75) is 45.1 Å². The second-order valence-corrected chi connectivity index (χ2v) is 5.59. The molecule has 0 aliphatic heterocycles. The van der Waals surface area contributed by atoms with Crippen molar-refractivity contribution in [3.63, 3.8) is 0 Å². The van der Waals surface area contributed by atoms with Crippen molar-refractivity contribution in [1.82, 2.24) is 0 Å². The highest BCUT2D eigenvalue weighted by Gasteiger charge is 2.27. The third kappa shape index (κ3) is 5.05. The molecule has 1 saturated carbocycles. The third-order valence-corrected chi connectivity index (χ3v) is 3.92. The van der Waals surface area contributed by atoms with Gasteiger partial charge in [0.05, 0.1) is 0 Å². The van der Waals surface area contributed by atoms with Crippen molar-refractivity contribution in [3.05, 3.63) is 29.8 Å². The van der Waals surface area contributed by atoms with Gasteiger partial charge in [0.1, 0.15) is 11.9 Å². The molecule has 2 atom stereocenters. The second-order valence-electron chi connectivity index (χ2n) is 5.59. The summed E-state index contributed by atoms with van der Waals surface area (Å²) in [5, 5.41) is 0. The van der Waals surface area contributed by atoms with Crippen molar-refractivity contribution < 1.29 is 19.0 Å². The highest BCUT2D eigenvalue weighted by Crippen LogP contribution is 2.30. The Morgan fingerprint density at radius 3 is 2.57 bits per heavy atom. The van der Waals surface area contributed by atoms with Gasteiger partial charge in [0.15, 0.2) is 6.79 Å². The molecule has 0 bridgehead atoms. The van der Waals surface area contributed by atoms with Crippen LogP contribution in [0.2, 0.25) is 0 Å². The molecule has 4 heteroatoms. The number of carbonyl (C=O) groups is 1. The largest absolute Gasteiger partial charge is 0.468 e. The molecule has 1 fully saturated rings.